The van der Waals surface area contributed by atoms with Crippen LogP contribution in [0.1, 0.15) is 26.2 Å². The smallest absolute Gasteiger partial charge is 0.0590 e. The van der Waals surface area contributed by atoms with Gasteiger partial charge in [0.25, 0.3) is 0 Å². The fourth-order valence-electron chi connectivity index (χ4n) is 1.48. The summed E-state index contributed by atoms with van der Waals surface area (Å²) in [6, 6.07) is 0. The van der Waals surface area contributed by atoms with Crippen LogP contribution in [0.25, 0.3) is 0 Å². The van der Waals surface area contributed by atoms with E-state index in [4.69, 9.17) is 4.74 Å². The van der Waals surface area contributed by atoms with Gasteiger partial charge in [0.1, 0.15) is 0 Å². The van der Waals surface area contributed by atoms with Crippen molar-refractivity contribution in [2.75, 3.05) is 13.2 Å². The minimum atomic E-state index is -0.0912. The van der Waals surface area contributed by atoms with E-state index in [0.29, 0.717) is 5.92 Å². The SMILES string of the molecule is CCOC[C@@H]1CCC[C@H]1O. The van der Waals surface area contributed by atoms with Crippen LogP contribution in [0.5, 0.6) is 0 Å². The first-order valence-electron chi connectivity index (χ1n) is 4.10. The maximum Gasteiger partial charge on any atom is 0.0590 e. The topological polar surface area (TPSA) is 29.5 Å². The number of aliphatic hydroxyl groups is 1. The number of ether oxygens (including phenoxy) is 1. The molecular weight excluding hydrogens is 128 g/mol. The Labute approximate surface area is 62.2 Å². The van der Waals surface area contributed by atoms with Gasteiger partial charge in [-0.2, -0.15) is 0 Å². The first kappa shape index (κ1) is 8.02. The lowest BCUT2D eigenvalue weighted by Gasteiger charge is -2.12. The van der Waals surface area contributed by atoms with Crippen molar-refractivity contribution in [3.05, 3.63) is 0 Å². The molecule has 0 aromatic carbocycles. The predicted octanol–water partition coefficient (Wildman–Crippen LogP) is 1.18. The van der Waals surface area contributed by atoms with Gasteiger partial charge in [-0.15, -0.1) is 0 Å². The van der Waals surface area contributed by atoms with Crippen molar-refractivity contribution < 1.29 is 9.84 Å². The van der Waals surface area contributed by atoms with Gasteiger partial charge < -0.3 is 9.84 Å². The van der Waals surface area contributed by atoms with E-state index in [9.17, 15) is 5.11 Å². The molecule has 0 amide bonds. The Bertz CT molecular complexity index is 93.3. The molecule has 1 fully saturated rings. The van der Waals surface area contributed by atoms with E-state index < -0.39 is 0 Å². The van der Waals surface area contributed by atoms with Gasteiger partial charge in [0, 0.05) is 12.5 Å². The van der Waals surface area contributed by atoms with Gasteiger partial charge in [-0.05, 0) is 19.8 Å². The Morgan fingerprint density at radius 3 is 2.80 bits per heavy atom. The first-order chi connectivity index (χ1) is 4.84. The molecule has 0 radical (unpaired) electrons. The number of hydrogen-bond acceptors (Lipinski definition) is 2. The van der Waals surface area contributed by atoms with E-state index in [0.717, 1.165) is 26.1 Å². The van der Waals surface area contributed by atoms with Crippen molar-refractivity contribution in [3.63, 3.8) is 0 Å². The molecule has 1 rings (SSSR count). The third-order valence-electron chi connectivity index (χ3n) is 2.16. The second-order valence-electron chi connectivity index (χ2n) is 2.92. The molecule has 2 heteroatoms. The van der Waals surface area contributed by atoms with Gasteiger partial charge >= 0.3 is 0 Å². The summed E-state index contributed by atoms with van der Waals surface area (Å²) < 4.78 is 5.23. The molecule has 10 heavy (non-hydrogen) atoms. The lowest BCUT2D eigenvalue weighted by atomic mass is 10.1. The summed E-state index contributed by atoms with van der Waals surface area (Å²) in [5, 5.41) is 9.34. The predicted molar refractivity (Wildman–Crippen MR) is 39.8 cm³/mol. The van der Waals surface area contributed by atoms with E-state index in [1.54, 1.807) is 0 Å². The zero-order valence-corrected chi connectivity index (χ0v) is 6.55. The number of rotatable bonds is 3. The van der Waals surface area contributed by atoms with Crippen molar-refractivity contribution in [3.8, 4) is 0 Å². The third-order valence-corrected chi connectivity index (χ3v) is 2.16. The zero-order chi connectivity index (χ0) is 7.40. The third kappa shape index (κ3) is 1.96. The second-order valence-corrected chi connectivity index (χ2v) is 2.92. The highest BCUT2D eigenvalue weighted by molar-refractivity contribution is 4.75. The van der Waals surface area contributed by atoms with Gasteiger partial charge in [-0.1, -0.05) is 6.42 Å². The summed E-state index contributed by atoms with van der Waals surface area (Å²) in [5.74, 6) is 0.417. The molecule has 0 spiro atoms. The van der Waals surface area contributed by atoms with Crippen LogP contribution in [0, 0.1) is 5.92 Å². The fraction of sp³-hybridized carbons (Fsp3) is 1.00. The van der Waals surface area contributed by atoms with Crippen LogP contribution in [0.2, 0.25) is 0 Å². The molecule has 0 aromatic heterocycles. The number of hydrogen-bond donors (Lipinski definition) is 1. The van der Waals surface area contributed by atoms with Gasteiger partial charge in [-0.25, -0.2) is 0 Å². The van der Waals surface area contributed by atoms with Crippen LogP contribution in [-0.2, 0) is 4.74 Å². The van der Waals surface area contributed by atoms with E-state index in [1.165, 1.54) is 6.42 Å². The largest absolute Gasteiger partial charge is 0.393 e. The normalized spacial score (nSPS) is 33.0. The molecule has 1 aliphatic rings. The summed E-state index contributed by atoms with van der Waals surface area (Å²) in [4.78, 5) is 0. The quantitative estimate of drug-likeness (QED) is 0.644. The van der Waals surface area contributed by atoms with E-state index in [-0.39, 0.29) is 6.10 Å². The van der Waals surface area contributed by atoms with Gasteiger partial charge in [0.05, 0.1) is 12.7 Å². The first-order valence-corrected chi connectivity index (χ1v) is 4.10. The Balaban J connectivity index is 2.14. The molecule has 60 valence electrons. The Hall–Kier alpha value is -0.0800. The lowest BCUT2D eigenvalue weighted by Crippen LogP contribution is -2.18. The van der Waals surface area contributed by atoms with Gasteiger partial charge in [0.2, 0.25) is 0 Å². The summed E-state index contributed by atoms with van der Waals surface area (Å²) in [6.45, 7) is 3.50. The van der Waals surface area contributed by atoms with Crippen LogP contribution in [0.15, 0.2) is 0 Å². The highest BCUT2D eigenvalue weighted by Gasteiger charge is 2.24. The van der Waals surface area contributed by atoms with E-state index in [2.05, 4.69) is 0 Å². The second kappa shape index (κ2) is 3.94. The molecule has 0 saturated heterocycles. The molecular formula is C8H16O2. The van der Waals surface area contributed by atoms with Crippen molar-refractivity contribution in [1.82, 2.24) is 0 Å². The molecule has 2 atom stereocenters. The fourth-order valence-corrected chi connectivity index (χ4v) is 1.48. The van der Waals surface area contributed by atoms with Crippen LogP contribution in [0.4, 0.5) is 0 Å². The Morgan fingerprint density at radius 2 is 2.30 bits per heavy atom. The molecule has 1 aliphatic carbocycles. The van der Waals surface area contributed by atoms with E-state index >= 15 is 0 Å². The summed E-state index contributed by atoms with van der Waals surface area (Å²) in [7, 11) is 0. The molecule has 0 aromatic rings. The molecule has 0 unspecified atom stereocenters. The molecule has 2 nitrogen and oxygen atoms in total. The average Bonchev–Trinajstić information content (AvgIpc) is 2.31. The molecule has 1 N–H and O–H groups in total. The minimum absolute atomic E-state index is 0.0912. The summed E-state index contributed by atoms with van der Waals surface area (Å²) in [5.41, 5.74) is 0. The summed E-state index contributed by atoms with van der Waals surface area (Å²) in [6.07, 6.45) is 3.18. The average molecular weight is 144 g/mol. The van der Waals surface area contributed by atoms with E-state index in [1.807, 2.05) is 6.92 Å². The Kier molecular flexibility index (Phi) is 3.16. The summed E-state index contributed by atoms with van der Waals surface area (Å²) >= 11 is 0. The van der Waals surface area contributed by atoms with Gasteiger partial charge in [0.15, 0.2) is 0 Å². The molecule has 0 heterocycles. The van der Waals surface area contributed by atoms with Crippen LogP contribution >= 0.6 is 0 Å². The van der Waals surface area contributed by atoms with Crippen molar-refractivity contribution in [1.29, 1.82) is 0 Å². The Morgan fingerprint density at radius 1 is 1.50 bits per heavy atom. The van der Waals surface area contributed by atoms with Gasteiger partial charge in [-0.3, -0.25) is 0 Å². The van der Waals surface area contributed by atoms with Crippen LogP contribution < -0.4 is 0 Å². The number of aliphatic hydroxyl groups excluding tert-OH is 1. The van der Waals surface area contributed by atoms with Crippen LogP contribution in [0.3, 0.4) is 0 Å². The monoisotopic (exact) mass is 144 g/mol. The minimum Gasteiger partial charge on any atom is -0.393 e. The molecule has 0 bridgehead atoms. The maximum absolute atomic E-state index is 9.34. The molecule has 1 saturated carbocycles. The highest BCUT2D eigenvalue weighted by Crippen LogP contribution is 2.25. The van der Waals surface area contributed by atoms with Crippen molar-refractivity contribution in [2.24, 2.45) is 5.92 Å². The highest BCUT2D eigenvalue weighted by atomic mass is 16.5. The van der Waals surface area contributed by atoms with Crippen LogP contribution in [-0.4, -0.2) is 24.4 Å². The maximum atomic E-state index is 9.34. The lowest BCUT2D eigenvalue weighted by molar-refractivity contribution is 0.0497. The van der Waals surface area contributed by atoms with Crippen molar-refractivity contribution >= 4 is 0 Å². The molecule has 0 aliphatic heterocycles. The van der Waals surface area contributed by atoms with Crippen molar-refractivity contribution in [2.45, 2.75) is 32.3 Å². The standard InChI is InChI=1S/C8H16O2/c1-2-10-6-7-4-3-5-8(7)9/h7-9H,2-6H2,1H3/t7-,8+/m0/s1. The zero-order valence-electron chi connectivity index (χ0n) is 6.55.